The maximum absolute atomic E-state index is 11.0. The number of alkyl halides is 1. The molecule has 1 aromatic rings. The van der Waals surface area contributed by atoms with Gasteiger partial charge >= 0.3 is 5.97 Å². The highest BCUT2D eigenvalue weighted by Crippen LogP contribution is 2.19. The Balaban J connectivity index is 3.03. The molecule has 0 radical (unpaired) electrons. The molecule has 0 aromatic heterocycles. The summed E-state index contributed by atoms with van der Waals surface area (Å²) in [7, 11) is 1.50. The van der Waals surface area contributed by atoms with E-state index in [-0.39, 0.29) is 5.56 Å². The molecule has 1 aromatic carbocycles. The number of aromatic carboxylic acids is 1. The van der Waals surface area contributed by atoms with E-state index in [0.717, 1.165) is 0 Å². The second-order valence-corrected chi connectivity index (χ2v) is 3.52. The maximum Gasteiger partial charge on any atom is 0.336 e. The fourth-order valence-electron chi connectivity index (χ4n) is 1.27. The van der Waals surface area contributed by atoms with Crippen LogP contribution in [-0.2, 0) is 0 Å². The van der Waals surface area contributed by atoms with Crippen molar-refractivity contribution in [3.63, 3.8) is 0 Å². The number of carboxylic acid groups (broad SMARTS) is 1. The number of carboxylic acids is 1. The van der Waals surface area contributed by atoms with Crippen LogP contribution in [0.5, 0.6) is 5.75 Å². The van der Waals surface area contributed by atoms with Gasteiger partial charge in [-0.15, -0.1) is 11.6 Å². The van der Waals surface area contributed by atoms with Crippen LogP contribution in [0.1, 0.15) is 22.3 Å². The lowest BCUT2D eigenvalue weighted by atomic mass is 10.1. The Hall–Kier alpha value is -1.48. The number of hydrogen-bond acceptors (Lipinski definition) is 2. The van der Waals surface area contributed by atoms with E-state index in [4.69, 9.17) is 21.4 Å². The fraction of sp³-hybridized carbons (Fsp3) is 0.250. The summed E-state index contributed by atoms with van der Waals surface area (Å²) < 4.78 is 4.98. The van der Waals surface area contributed by atoms with Gasteiger partial charge in [0.2, 0.25) is 0 Å². The fourth-order valence-corrected chi connectivity index (χ4v) is 1.39. The summed E-state index contributed by atoms with van der Waals surface area (Å²) in [5, 5.41) is 9.03. The molecule has 0 aliphatic rings. The van der Waals surface area contributed by atoms with Gasteiger partial charge in [0.05, 0.1) is 12.7 Å². The average molecular weight is 241 g/mol. The Kier molecular flexibility index (Phi) is 4.86. The third-order valence-electron chi connectivity index (χ3n) is 2.06. The highest BCUT2D eigenvalue weighted by molar-refractivity contribution is 6.17. The van der Waals surface area contributed by atoms with Crippen molar-refractivity contribution in [1.82, 2.24) is 0 Å². The van der Waals surface area contributed by atoms with E-state index >= 15 is 0 Å². The molecule has 4 heteroatoms. The van der Waals surface area contributed by atoms with Crippen LogP contribution in [0.2, 0.25) is 0 Å². The van der Waals surface area contributed by atoms with Crippen LogP contribution < -0.4 is 4.74 Å². The largest absolute Gasteiger partial charge is 0.497 e. The summed E-state index contributed by atoms with van der Waals surface area (Å²) in [6.07, 6.45) is 4.32. The topological polar surface area (TPSA) is 46.5 Å². The second-order valence-electron chi connectivity index (χ2n) is 3.14. The molecule has 86 valence electrons. The van der Waals surface area contributed by atoms with Crippen LogP contribution in [0.3, 0.4) is 0 Å². The van der Waals surface area contributed by atoms with Crippen LogP contribution in [0.25, 0.3) is 6.08 Å². The minimum atomic E-state index is -0.968. The van der Waals surface area contributed by atoms with Crippen molar-refractivity contribution in [3.8, 4) is 5.75 Å². The van der Waals surface area contributed by atoms with Gasteiger partial charge in [0.25, 0.3) is 0 Å². The average Bonchev–Trinajstić information content (AvgIpc) is 2.29. The van der Waals surface area contributed by atoms with Gasteiger partial charge in [-0.2, -0.15) is 0 Å². The Morgan fingerprint density at radius 3 is 2.88 bits per heavy atom. The maximum atomic E-state index is 11.0. The van der Waals surface area contributed by atoms with E-state index in [1.54, 1.807) is 18.2 Å². The molecule has 16 heavy (non-hydrogen) atoms. The van der Waals surface area contributed by atoms with Gasteiger partial charge in [0.1, 0.15) is 5.75 Å². The molecule has 0 aliphatic carbocycles. The van der Waals surface area contributed by atoms with Crippen molar-refractivity contribution in [2.24, 2.45) is 0 Å². The molecule has 0 spiro atoms. The molecule has 0 bridgehead atoms. The number of rotatable bonds is 5. The van der Waals surface area contributed by atoms with Crippen molar-refractivity contribution in [3.05, 3.63) is 35.4 Å². The predicted molar refractivity (Wildman–Crippen MR) is 64.3 cm³/mol. The van der Waals surface area contributed by atoms with Crippen LogP contribution in [-0.4, -0.2) is 24.1 Å². The highest BCUT2D eigenvalue weighted by Gasteiger charge is 2.08. The molecular weight excluding hydrogens is 228 g/mol. The Morgan fingerprint density at radius 2 is 2.31 bits per heavy atom. The summed E-state index contributed by atoms with van der Waals surface area (Å²) >= 11 is 5.53. The Labute approximate surface area is 99.3 Å². The third-order valence-corrected chi connectivity index (χ3v) is 2.28. The molecular formula is C12H13ClO3. The molecule has 0 aliphatic heterocycles. The lowest BCUT2D eigenvalue weighted by molar-refractivity contribution is 0.0696. The van der Waals surface area contributed by atoms with Crippen molar-refractivity contribution in [2.45, 2.75) is 6.42 Å². The number of benzene rings is 1. The number of carbonyl (C=O) groups is 1. The van der Waals surface area contributed by atoms with Crippen LogP contribution in [0.4, 0.5) is 0 Å². The van der Waals surface area contributed by atoms with Crippen molar-refractivity contribution in [2.75, 3.05) is 13.0 Å². The smallest absolute Gasteiger partial charge is 0.336 e. The predicted octanol–water partition coefficient (Wildman–Crippen LogP) is 3.04. The van der Waals surface area contributed by atoms with Gasteiger partial charge in [0.15, 0.2) is 0 Å². The van der Waals surface area contributed by atoms with E-state index in [1.807, 2.05) is 6.08 Å². The quantitative estimate of drug-likeness (QED) is 0.805. The number of ether oxygens (including phenoxy) is 1. The monoisotopic (exact) mass is 240 g/mol. The number of hydrogen-bond donors (Lipinski definition) is 1. The third kappa shape index (κ3) is 3.28. The van der Waals surface area contributed by atoms with E-state index in [1.165, 1.54) is 13.2 Å². The van der Waals surface area contributed by atoms with Gasteiger partial charge in [-0.05, 0) is 24.1 Å². The van der Waals surface area contributed by atoms with Gasteiger partial charge in [0, 0.05) is 5.88 Å². The van der Waals surface area contributed by atoms with E-state index in [9.17, 15) is 4.79 Å². The van der Waals surface area contributed by atoms with Crippen molar-refractivity contribution < 1.29 is 14.6 Å². The summed E-state index contributed by atoms with van der Waals surface area (Å²) in [5.74, 6) is 0.0889. The first-order chi connectivity index (χ1) is 7.69. The molecule has 1 N–H and O–H groups in total. The number of halogens is 1. The zero-order valence-corrected chi connectivity index (χ0v) is 9.70. The van der Waals surface area contributed by atoms with Crippen LogP contribution in [0.15, 0.2) is 24.3 Å². The summed E-state index contributed by atoms with van der Waals surface area (Å²) in [4.78, 5) is 11.0. The van der Waals surface area contributed by atoms with E-state index in [0.29, 0.717) is 23.6 Å². The van der Waals surface area contributed by atoms with E-state index < -0.39 is 5.97 Å². The standard InChI is InChI=1S/C12H13ClO3/c1-16-10-6-5-9(4-2-3-7-13)11(8-10)12(14)15/h2,4-6,8H,3,7H2,1H3,(H,14,15). The first-order valence-electron chi connectivity index (χ1n) is 4.83. The van der Waals surface area contributed by atoms with Crippen LogP contribution in [0, 0.1) is 0 Å². The molecule has 0 atom stereocenters. The molecule has 0 saturated carbocycles. The zero-order chi connectivity index (χ0) is 12.0. The molecule has 1 rings (SSSR count). The summed E-state index contributed by atoms with van der Waals surface area (Å²) in [6, 6.07) is 4.95. The number of allylic oxidation sites excluding steroid dienone is 1. The zero-order valence-electron chi connectivity index (χ0n) is 8.94. The normalized spacial score (nSPS) is 10.6. The summed E-state index contributed by atoms with van der Waals surface area (Å²) in [6.45, 7) is 0. The lowest BCUT2D eigenvalue weighted by Crippen LogP contribution is -2.00. The Bertz CT molecular complexity index is 399. The molecule has 0 unspecified atom stereocenters. The molecule has 0 saturated heterocycles. The minimum Gasteiger partial charge on any atom is -0.497 e. The van der Waals surface area contributed by atoms with Crippen LogP contribution >= 0.6 is 11.6 Å². The van der Waals surface area contributed by atoms with Crippen molar-refractivity contribution in [1.29, 1.82) is 0 Å². The van der Waals surface area contributed by atoms with Gasteiger partial charge in [-0.1, -0.05) is 18.2 Å². The van der Waals surface area contributed by atoms with Gasteiger partial charge in [-0.25, -0.2) is 4.79 Å². The second kappa shape index (κ2) is 6.18. The highest BCUT2D eigenvalue weighted by atomic mass is 35.5. The molecule has 0 heterocycles. The first kappa shape index (κ1) is 12.6. The first-order valence-corrected chi connectivity index (χ1v) is 5.36. The SMILES string of the molecule is COc1ccc(C=CCCCl)c(C(=O)O)c1. The molecule has 0 fully saturated rings. The molecule has 3 nitrogen and oxygen atoms in total. The summed E-state index contributed by atoms with van der Waals surface area (Å²) in [5.41, 5.74) is 0.878. The molecule has 0 amide bonds. The number of methoxy groups -OCH3 is 1. The Morgan fingerprint density at radius 1 is 1.56 bits per heavy atom. The minimum absolute atomic E-state index is 0.227. The van der Waals surface area contributed by atoms with E-state index in [2.05, 4.69) is 0 Å². The van der Waals surface area contributed by atoms with Gasteiger partial charge in [-0.3, -0.25) is 0 Å². The lowest BCUT2D eigenvalue weighted by Gasteiger charge is -2.04. The van der Waals surface area contributed by atoms with Crippen molar-refractivity contribution >= 4 is 23.6 Å². The van der Waals surface area contributed by atoms with Gasteiger partial charge < -0.3 is 9.84 Å².